The number of nitrogens with one attached hydrogen (secondary N) is 3. The molecule has 18 rings (SSSR count). The van der Waals surface area contributed by atoms with Gasteiger partial charge in [0.25, 0.3) is 17.7 Å². The summed E-state index contributed by atoms with van der Waals surface area (Å²) in [4.78, 5) is 41.5. The van der Waals surface area contributed by atoms with E-state index < -0.39 is 36.4 Å². The van der Waals surface area contributed by atoms with E-state index in [1.54, 1.807) is 36.4 Å². The molecule has 3 amide bonds. The number of benzene rings is 8. The van der Waals surface area contributed by atoms with Crippen molar-refractivity contribution in [3.63, 3.8) is 0 Å². The van der Waals surface area contributed by atoms with E-state index >= 15 is 0 Å². The van der Waals surface area contributed by atoms with Crippen LogP contribution in [0.5, 0.6) is 0 Å². The Bertz CT molecular complexity index is 5200. The molecule has 115 heavy (non-hydrogen) atoms. The number of amides is 3. The Labute approximate surface area is 699 Å². The number of aromatic nitrogens is 6. The van der Waals surface area contributed by atoms with Gasteiger partial charge in [-0.2, -0.15) is 15.3 Å². The monoisotopic (exact) mass is 1660 g/mol. The molecule has 1 saturated carbocycles. The number of aliphatic hydroxyl groups is 3. The summed E-state index contributed by atoms with van der Waals surface area (Å²) in [5.74, 6) is -0.564. The topological polar surface area (TPSA) is 201 Å². The first-order chi connectivity index (χ1) is 55.9. The molecule has 3 heterocycles. The molecule has 6 N–H and O–H groups in total. The zero-order chi connectivity index (χ0) is 79.5. The molecule has 0 unspecified atom stereocenters. The van der Waals surface area contributed by atoms with Crippen LogP contribution in [-0.4, -0.2) is 80.7 Å². The summed E-state index contributed by atoms with van der Waals surface area (Å²) in [6.45, 7) is 0. The molecule has 0 bridgehead atoms. The third kappa shape index (κ3) is 17.5. The minimum absolute atomic E-state index is 0.111. The van der Waals surface area contributed by atoms with Crippen LogP contribution < -0.4 is 16.0 Å². The second-order valence-corrected chi connectivity index (χ2v) is 34.5. The SMILES string of the molecule is O=C(N[C@@H]1c2ccccc2C[C@@H]1O)c1nn(-c2ccc(Cl)cc2Cl)c2c1CCCC[C@@H]2Cc1cccc(Cl)c1.O=C(N[C@@H]1c2ccccc2C[C@@H]1O)c1nn(-c2ccc(Cl)cc2Cl)c2c1CCCC[C@H]2Cc1cccc(Cl)c1.O=C(N[C@@H]1c2ccccc2C[C@@H]1O)c1nn(C2CCCCC2)c2c1CCCC[C@@H]2Cc1cccc(F)c1. The van der Waals surface area contributed by atoms with Crippen molar-refractivity contribution in [1.29, 1.82) is 0 Å². The van der Waals surface area contributed by atoms with Crippen molar-refractivity contribution in [2.24, 2.45) is 0 Å². The van der Waals surface area contributed by atoms with E-state index in [2.05, 4.69) is 32.8 Å². The maximum atomic E-state index is 14.0. The molecule has 7 aliphatic rings. The number of carbonyl (C=O) groups is 3. The van der Waals surface area contributed by atoms with Crippen LogP contribution in [0.1, 0.15) is 247 Å². The van der Waals surface area contributed by atoms with Crippen LogP contribution in [0.4, 0.5) is 4.39 Å². The minimum atomic E-state index is -0.687. The maximum absolute atomic E-state index is 14.0. The molecular formula is C93H92Cl6FN9O6. The molecule has 1 fully saturated rings. The van der Waals surface area contributed by atoms with Crippen LogP contribution in [0.25, 0.3) is 11.4 Å². The van der Waals surface area contributed by atoms with Crippen LogP contribution in [0.3, 0.4) is 0 Å². The van der Waals surface area contributed by atoms with Gasteiger partial charge in [0.15, 0.2) is 17.1 Å². The van der Waals surface area contributed by atoms with E-state index in [4.69, 9.17) is 84.9 Å². The van der Waals surface area contributed by atoms with Crippen LogP contribution in [0.15, 0.2) is 182 Å². The summed E-state index contributed by atoms with van der Waals surface area (Å²) >= 11 is 38.4. The molecule has 9 atom stereocenters. The number of hydrogen-bond acceptors (Lipinski definition) is 9. The average Bonchev–Trinajstić information content (AvgIpc) is 1.62. The lowest BCUT2D eigenvalue weighted by molar-refractivity contribution is 0.0847. The van der Waals surface area contributed by atoms with E-state index in [-0.39, 0.29) is 41.3 Å². The number of hydrogen-bond donors (Lipinski definition) is 6. The van der Waals surface area contributed by atoms with Gasteiger partial charge >= 0.3 is 0 Å². The molecular weight excluding hydrogens is 1570 g/mol. The number of fused-ring (bicyclic) bond motifs is 6. The van der Waals surface area contributed by atoms with Crippen molar-refractivity contribution in [1.82, 2.24) is 45.3 Å². The lowest BCUT2D eigenvalue weighted by Crippen LogP contribution is -2.34. The number of halogens is 7. The number of aliphatic hydroxyl groups excluding tert-OH is 3. The van der Waals surface area contributed by atoms with E-state index in [9.17, 15) is 34.1 Å². The van der Waals surface area contributed by atoms with Gasteiger partial charge in [-0.25, -0.2) is 13.8 Å². The van der Waals surface area contributed by atoms with Crippen molar-refractivity contribution in [3.05, 3.63) is 319 Å². The standard InChI is InChI=1S/2C31H28Cl3N3O2.C31H36FN3O2/c2*32-21-9-5-6-18(15-21)14-20-8-2-4-11-24-29(36-37(30(20)24)26-13-12-22(33)17-25(26)34)31(39)35-28-23-10-3-1-7-19(23)16-27(28)38;32-23-12-8-9-20(18-23)17-22-11-5-7-16-26-29(34-35(30(22)26)24-13-2-1-3-14-24)31(37)33-28-25-15-6-4-10-21(25)19-27(28)36/h2*1,3,5-7,9-10,12-13,15,17,20,27-28,38H,2,4,8,11,14,16H2,(H,35,39);4,6,8-10,12,15,18,22,24,27-28,36H,1-3,5,7,11,13-14,16-17,19H2,(H,33,37)/t20-,27+,28-;20-,27-,28+;22-,27+,28-/m101/s1. The van der Waals surface area contributed by atoms with Gasteiger partial charge in [0.05, 0.1) is 75.3 Å². The number of rotatable bonds is 15. The molecule has 7 aliphatic carbocycles. The fourth-order valence-corrected chi connectivity index (χ4v) is 20.4. The Morgan fingerprint density at radius 3 is 1.14 bits per heavy atom. The highest BCUT2D eigenvalue weighted by atomic mass is 35.5. The third-order valence-corrected chi connectivity index (χ3v) is 25.9. The van der Waals surface area contributed by atoms with E-state index in [0.717, 1.165) is 187 Å². The van der Waals surface area contributed by atoms with Crippen molar-refractivity contribution >= 4 is 87.3 Å². The fourth-order valence-electron chi connectivity index (χ4n) is 19.0. The van der Waals surface area contributed by atoms with Crippen molar-refractivity contribution in [2.45, 2.75) is 208 Å². The highest BCUT2D eigenvalue weighted by Crippen LogP contribution is 2.45. The largest absolute Gasteiger partial charge is 0.390 e. The van der Waals surface area contributed by atoms with Crippen LogP contribution in [0, 0.1) is 5.82 Å². The molecule has 594 valence electrons. The predicted molar refractivity (Wildman–Crippen MR) is 452 cm³/mol. The summed E-state index contributed by atoms with van der Waals surface area (Å²) < 4.78 is 19.9. The first-order valence-corrected chi connectivity index (χ1v) is 42.8. The van der Waals surface area contributed by atoms with Gasteiger partial charge in [-0.05, 0) is 213 Å². The van der Waals surface area contributed by atoms with E-state index in [1.165, 1.54) is 31.0 Å². The quantitative estimate of drug-likeness (QED) is 0.0540. The summed E-state index contributed by atoms with van der Waals surface area (Å²) in [6, 6.07) is 55.9. The highest BCUT2D eigenvalue weighted by molar-refractivity contribution is 6.36. The first-order valence-electron chi connectivity index (χ1n) is 40.5. The second-order valence-electron chi connectivity index (χ2n) is 32.0. The Morgan fingerprint density at radius 2 is 0.739 bits per heavy atom. The predicted octanol–water partition coefficient (Wildman–Crippen LogP) is 20.5. The van der Waals surface area contributed by atoms with Crippen LogP contribution in [-0.2, 0) is 57.8 Å². The maximum Gasteiger partial charge on any atom is 0.272 e. The molecule has 0 radical (unpaired) electrons. The van der Waals surface area contributed by atoms with Gasteiger partial charge in [-0.15, -0.1) is 0 Å². The first kappa shape index (κ1) is 80.2. The van der Waals surface area contributed by atoms with E-state index in [1.807, 2.05) is 137 Å². The molecule has 0 saturated heterocycles. The third-order valence-electron chi connectivity index (χ3n) is 24.4. The van der Waals surface area contributed by atoms with Crippen LogP contribution >= 0.6 is 69.6 Å². The zero-order valence-electron chi connectivity index (χ0n) is 63.8. The summed E-state index contributed by atoms with van der Waals surface area (Å²) in [7, 11) is 0. The summed E-state index contributed by atoms with van der Waals surface area (Å²) in [5, 5.41) is 59.9. The lowest BCUT2D eigenvalue weighted by Gasteiger charge is -2.27. The van der Waals surface area contributed by atoms with Gasteiger partial charge in [-0.1, -0.05) is 217 Å². The highest BCUT2D eigenvalue weighted by Gasteiger charge is 2.41. The molecule has 11 aromatic rings. The summed E-state index contributed by atoms with van der Waals surface area (Å²) in [5.41, 5.74) is 18.1. The Balaban J connectivity index is 0.000000130. The second kappa shape index (κ2) is 35.7. The van der Waals surface area contributed by atoms with Gasteiger partial charge < -0.3 is 31.3 Å². The van der Waals surface area contributed by atoms with Gasteiger partial charge in [0.1, 0.15) is 5.82 Å². The van der Waals surface area contributed by atoms with Crippen molar-refractivity contribution in [2.75, 3.05) is 0 Å². The average molecular weight is 1660 g/mol. The zero-order valence-corrected chi connectivity index (χ0v) is 68.3. The van der Waals surface area contributed by atoms with Crippen molar-refractivity contribution in [3.8, 4) is 11.4 Å². The molecule has 8 aromatic carbocycles. The summed E-state index contributed by atoms with van der Waals surface area (Å²) in [6.07, 6.45) is 18.9. The van der Waals surface area contributed by atoms with E-state index in [0.29, 0.717) is 83.9 Å². The van der Waals surface area contributed by atoms with Gasteiger partial charge in [0.2, 0.25) is 0 Å². The van der Waals surface area contributed by atoms with Crippen molar-refractivity contribution < 1.29 is 34.1 Å². The normalized spacial score (nSPS) is 21.4. The van der Waals surface area contributed by atoms with Gasteiger partial charge in [0, 0.05) is 79.5 Å². The molecule has 15 nitrogen and oxygen atoms in total. The Kier molecular flexibility index (Phi) is 24.9. The fraction of sp³-hybridized carbons (Fsp3) is 0.355. The number of nitrogens with zero attached hydrogens (tertiary/aromatic N) is 6. The van der Waals surface area contributed by atoms with Crippen LogP contribution in [0.2, 0.25) is 30.1 Å². The smallest absolute Gasteiger partial charge is 0.272 e. The molecule has 0 spiro atoms. The Hall–Kier alpha value is -8.65. The van der Waals surface area contributed by atoms with Gasteiger partial charge in [-0.3, -0.25) is 19.1 Å². The Morgan fingerprint density at radius 1 is 0.383 bits per heavy atom. The number of carbonyl (C=O) groups excluding carboxylic acids is 3. The molecule has 3 aromatic heterocycles. The molecule has 22 heteroatoms. The lowest BCUT2D eigenvalue weighted by atomic mass is 9.89. The molecule has 0 aliphatic heterocycles. The minimum Gasteiger partial charge on any atom is -0.390 e.